The second-order valence-electron chi connectivity index (χ2n) is 18.0. The molecule has 0 aromatic carbocycles. The van der Waals surface area contributed by atoms with Gasteiger partial charge < -0.3 is 39.9 Å². The molecule has 0 aromatic rings. The third-order valence-corrected chi connectivity index (χ3v) is 12.9. The highest BCUT2D eigenvalue weighted by atomic mass is 31.2. The summed E-state index contributed by atoms with van der Waals surface area (Å²) in [6, 6.07) is 0. The smallest absolute Gasteiger partial charge is 0.462 e. The Kier molecular flexibility index (Phi) is 39.1. The summed E-state index contributed by atoms with van der Waals surface area (Å²) in [6.45, 7) is 3.27. The number of phosphoric acid groups is 1. The fourth-order valence-electron chi connectivity index (χ4n) is 7.74. The molecule has 0 radical (unpaired) electrons. The van der Waals surface area contributed by atoms with Gasteiger partial charge in [0.25, 0.3) is 0 Å². The van der Waals surface area contributed by atoms with Gasteiger partial charge in [-0.05, 0) is 57.8 Å². The zero-order valence-corrected chi connectivity index (χ0v) is 41.9. The normalized spacial score (nSPS) is 21.6. The van der Waals surface area contributed by atoms with Crippen LogP contribution in [0.2, 0.25) is 0 Å². The summed E-state index contributed by atoms with van der Waals surface area (Å²) in [7, 11) is -5.13. The Hall–Kier alpha value is -2.19. The number of rotatable bonds is 43. The third-order valence-electron chi connectivity index (χ3n) is 11.9. The van der Waals surface area contributed by atoms with E-state index in [9.17, 15) is 44.6 Å². The molecule has 0 bridgehead atoms. The molecule has 8 atom stereocenters. The van der Waals surface area contributed by atoms with Gasteiger partial charge in [-0.15, -0.1) is 0 Å². The molecule has 0 spiro atoms. The number of hydrogen-bond acceptors (Lipinski definition) is 12. The Morgan fingerprint density at radius 2 is 0.818 bits per heavy atom. The summed E-state index contributed by atoms with van der Waals surface area (Å²) in [5.41, 5.74) is 0. The SMILES string of the molecule is CCCCC/C=C/C/C=C/C/C=C/C/C=C/CCCCCC(=O)OC[C@@H](COP(=O)(O)OC1C(O)C(O)C(O)[C@H](O)C1O)OC(=O)CCCCCCCCCCCCCCCCCCCC. The van der Waals surface area contributed by atoms with Crippen LogP contribution in [0.4, 0.5) is 0 Å². The van der Waals surface area contributed by atoms with E-state index in [2.05, 4.69) is 62.5 Å². The van der Waals surface area contributed by atoms with Crippen LogP contribution in [0, 0.1) is 0 Å². The molecule has 1 saturated carbocycles. The van der Waals surface area contributed by atoms with E-state index in [-0.39, 0.29) is 12.8 Å². The molecule has 13 nitrogen and oxygen atoms in total. The van der Waals surface area contributed by atoms with Crippen LogP contribution >= 0.6 is 7.82 Å². The Balaban J connectivity index is 2.42. The topological polar surface area (TPSA) is 210 Å². The standard InChI is InChI=1S/C52H93O13P/c1-3-5-7-9-11-13-15-17-19-21-23-25-26-28-30-32-34-36-38-40-45(53)62-42-44(43-63-66(60,61)65-52-50(58)48(56)47(55)49(57)51(52)59)64-46(54)41-39-37-35-33-31-29-27-24-22-20-18-16-14-12-10-8-6-4-2/h11,13,17,19,23,25,28,30,44,47-52,55-59H,3-10,12,14-16,18,20-22,24,26-27,29,31-43H2,1-2H3,(H,60,61)/b13-11+,19-17+,25-23+,30-28+/t44-,47?,48-,49?,50?,51?,52?/m0/s1. The van der Waals surface area contributed by atoms with E-state index in [1.807, 2.05) is 0 Å². The number of unbranched alkanes of at least 4 members (excludes halogenated alkanes) is 23. The molecular formula is C52H93O13P. The first kappa shape index (κ1) is 61.8. The molecule has 0 amide bonds. The number of carbonyl (C=O) groups is 2. The van der Waals surface area contributed by atoms with E-state index in [0.717, 1.165) is 70.6 Å². The first-order chi connectivity index (χ1) is 31.9. The quantitative estimate of drug-likeness (QED) is 0.0146. The van der Waals surface area contributed by atoms with Crippen molar-refractivity contribution in [1.29, 1.82) is 0 Å². The van der Waals surface area contributed by atoms with Crippen LogP contribution in [0.3, 0.4) is 0 Å². The second kappa shape index (κ2) is 41.8. The molecule has 0 heterocycles. The average Bonchev–Trinajstić information content (AvgIpc) is 3.30. The van der Waals surface area contributed by atoms with Crippen LogP contribution in [0.25, 0.3) is 0 Å². The molecule has 0 saturated heterocycles. The monoisotopic (exact) mass is 957 g/mol. The average molecular weight is 957 g/mol. The molecule has 6 N–H and O–H groups in total. The highest BCUT2D eigenvalue weighted by Gasteiger charge is 2.51. The Morgan fingerprint density at radius 1 is 0.470 bits per heavy atom. The molecule has 1 fully saturated rings. The maximum Gasteiger partial charge on any atom is 0.472 e. The summed E-state index contributed by atoms with van der Waals surface area (Å²) in [4.78, 5) is 35.8. The molecule has 66 heavy (non-hydrogen) atoms. The predicted molar refractivity (Wildman–Crippen MR) is 263 cm³/mol. The summed E-state index contributed by atoms with van der Waals surface area (Å²) in [5, 5.41) is 50.3. The van der Waals surface area contributed by atoms with Gasteiger partial charge in [0.2, 0.25) is 0 Å². The summed E-state index contributed by atoms with van der Waals surface area (Å²) < 4.78 is 33.6. The number of aliphatic hydroxyl groups excluding tert-OH is 5. The molecule has 1 aliphatic carbocycles. The van der Waals surface area contributed by atoms with Crippen molar-refractivity contribution in [1.82, 2.24) is 0 Å². The highest BCUT2D eigenvalue weighted by molar-refractivity contribution is 7.47. The van der Waals surface area contributed by atoms with E-state index < -0.39 is 75.7 Å². The van der Waals surface area contributed by atoms with Crippen molar-refractivity contribution in [2.45, 2.75) is 256 Å². The summed E-state index contributed by atoms with van der Waals surface area (Å²) in [6.07, 6.45) is 37.2. The van der Waals surface area contributed by atoms with Crippen LogP contribution in [0.5, 0.6) is 0 Å². The minimum Gasteiger partial charge on any atom is -0.462 e. The van der Waals surface area contributed by atoms with Crippen LogP contribution in [-0.2, 0) is 32.7 Å². The van der Waals surface area contributed by atoms with Crippen molar-refractivity contribution in [3.05, 3.63) is 48.6 Å². The molecule has 1 rings (SSSR count). The van der Waals surface area contributed by atoms with Crippen molar-refractivity contribution in [3.8, 4) is 0 Å². The van der Waals surface area contributed by atoms with Crippen molar-refractivity contribution in [2.75, 3.05) is 13.2 Å². The predicted octanol–water partition coefficient (Wildman–Crippen LogP) is 11.1. The van der Waals surface area contributed by atoms with Gasteiger partial charge in [0.15, 0.2) is 6.10 Å². The fraction of sp³-hybridized carbons (Fsp3) is 0.808. The first-order valence-electron chi connectivity index (χ1n) is 25.9. The largest absolute Gasteiger partial charge is 0.472 e. The zero-order chi connectivity index (χ0) is 48.5. The number of allylic oxidation sites excluding steroid dienone is 8. The van der Waals surface area contributed by atoms with Gasteiger partial charge in [-0.3, -0.25) is 18.6 Å². The van der Waals surface area contributed by atoms with E-state index in [4.69, 9.17) is 18.5 Å². The van der Waals surface area contributed by atoms with Crippen LogP contribution < -0.4 is 0 Å². The fourth-order valence-corrected chi connectivity index (χ4v) is 8.71. The van der Waals surface area contributed by atoms with Gasteiger partial charge in [-0.25, -0.2) is 4.57 Å². The van der Waals surface area contributed by atoms with Gasteiger partial charge >= 0.3 is 19.8 Å². The van der Waals surface area contributed by atoms with Gasteiger partial charge in [-0.1, -0.05) is 191 Å². The summed E-state index contributed by atoms with van der Waals surface area (Å²) in [5.74, 6) is -1.13. The zero-order valence-electron chi connectivity index (χ0n) is 41.0. The number of carbonyl (C=O) groups excluding carboxylic acids is 2. The lowest BCUT2D eigenvalue weighted by atomic mass is 9.85. The van der Waals surface area contributed by atoms with Gasteiger partial charge in [-0.2, -0.15) is 0 Å². The van der Waals surface area contributed by atoms with Crippen LogP contribution in [-0.4, -0.2) is 98.3 Å². The number of hydrogen-bond donors (Lipinski definition) is 6. The Morgan fingerprint density at radius 3 is 1.27 bits per heavy atom. The van der Waals surface area contributed by atoms with Crippen LogP contribution in [0.15, 0.2) is 48.6 Å². The van der Waals surface area contributed by atoms with E-state index >= 15 is 0 Å². The number of ether oxygens (including phenoxy) is 2. The molecule has 384 valence electrons. The lowest BCUT2D eigenvalue weighted by Gasteiger charge is -2.41. The second-order valence-corrected chi connectivity index (χ2v) is 19.4. The van der Waals surface area contributed by atoms with E-state index in [1.54, 1.807) is 0 Å². The Bertz CT molecular complexity index is 1340. The molecular weight excluding hydrogens is 864 g/mol. The third kappa shape index (κ3) is 33.3. The lowest BCUT2D eigenvalue weighted by Crippen LogP contribution is -2.64. The molecule has 14 heteroatoms. The van der Waals surface area contributed by atoms with Gasteiger partial charge in [0.1, 0.15) is 43.2 Å². The lowest BCUT2D eigenvalue weighted by molar-refractivity contribution is -0.220. The van der Waals surface area contributed by atoms with E-state index in [1.165, 1.54) is 103 Å². The van der Waals surface area contributed by atoms with Gasteiger partial charge in [0, 0.05) is 12.8 Å². The molecule has 0 aliphatic heterocycles. The van der Waals surface area contributed by atoms with Crippen molar-refractivity contribution in [2.24, 2.45) is 0 Å². The minimum atomic E-state index is -5.13. The van der Waals surface area contributed by atoms with Crippen LogP contribution in [0.1, 0.15) is 213 Å². The number of phosphoric ester groups is 1. The maximum atomic E-state index is 12.9. The number of esters is 2. The summed E-state index contributed by atoms with van der Waals surface area (Å²) >= 11 is 0. The van der Waals surface area contributed by atoms with Crippen molar-refractivity contribution >= 4 is 19.8 Å². The highest BCUT2D eigenvalue weighted by Crippen LogP contribution is 2.47. The molecule has 0 aromatic heterocycles. The molecule has 1 aliphatic rings. The minimum absolute atomic E-state index is 0.0917. The molecule has 6 unspecified atom stereocenters. The number of aliphatic hydroxyl groups is 5. The van der Waals surface area contributed by atoms with Crippen molar-refractivity contribution in [3.63, 3.8) is 0 Å². The van der Waals surface area contributed by atoms with Gasteiger partial charge in [0.05, 0.1) is 6.61 Å². The Labute approximate surface area is 399 Å². The first-order valence-corrected chi connectivity index (χ1v) is 27.4. The van der Waals surface area contributed by atoms with E-state index in [0.29, 0.717) is 12.8 Å². The van der Waals surface area contributed by atoms with Crippen molar-refractivity contribution < 1.29 is 63.1 Å². The maximum absolute atomic E-state index is 12.9.